The summed E-state index contributed by atoms with van der Waals surface area (Å²) >= 11 is 0. The van der Waals surface area contributed by atoms with E-state index < -0.39 is 29.6 Å². The summed E-state index contributed by atoms with van der Waals surface area (Å²) < 4.78 is 10.2. The Morgan fingerprint density at radius 1 is 1.50 bits per heavy atom. The maximum Gasteiger partial charge on any atom is 0.334 e. The normalized spacial score (nSPS) is 30.7. The molecule has 5 heteroatoms. The third-order valence-electron chi connectivity index (χ3n) is 4.79. The molecule has 0 aromatic rings. The molecule has 5 nitrogen and oxygen atoms in total. The first-order valence-electron chi connectivity index (χ1n) is 7.64. The lowest BCUT2D eigenvalue weighted by Gasteiger charge is -2.42. The van der Waals surface area contributed by atoms with Crippen LogP contribution in [0.15, 0.2) is 22.8 Å². The van der Waals surface area contributed by atoms with E-state index in [2.05, 4.69) is 0 Å². The van der Waals surface area contributed by atoms with Crippen molar-refractivity contribution in [3.8, 4) is 0 Å². The highest BCUT2D eigenvalue weighted by atomic mass is 16.6. The van der Waals surface area contributed by atoms with Crippen LogP contribution in [0.25, 0.3) is 0 Å². The quantitative estimate of drug-likeness (QED) is 0.637. The van der Waals surface area contributed by atoms with Crippen LogP contribution < -0.4 is 0 Å². The molecular formula is C17H24O5. The number of esters is 2. The van der Waals surface area contributed by atoms with Crippen LogP contribution in [0.5, 0.6) is 0 Å². The molecule has 0 spiro atoms. The Balaban J connectivity index is 2.29. The van der Waals surface area contributed by atoms with E-state index in [1.54, 1.807) is 6.92 Å². The molecule has 3 unspecified atom stereocenters. The number of hydrogen-bond acceptors (Lipinski definition) is 5. The average Bonchev–Trinajstić information content (AvgIpc) is 2.77. The molecule has 1 fully saturated rings. The lowest BCUT2D eigenvalue weighted by molar-refractivity contribution is -0.175. The third kappa shape index (κ3) is 2.70. The van der Waals surface area contributed by atoms with Crippen molar-refractivity contribution in [1.82, 2.24) is 0 Å². The summed E-state index contributed by atoms with van der Waals surface area (Å²) in [5.74, 6) is -0.828. The molecule has 0 bridgehead atoms. The van der Waals surface area contributed by atoms with E-state index in [0.717, 1.165) is 11.1 Å². The molecule has 1 N–H and O–H groups in total. The first-order valence-corrected chi connectivity index (χ1v) is 7.64. The molecule has 1 aliphatic carbocycles. The second-order valence-corrected chi connectivity index (χ2v) is 6.39. The third-order valence-corrected chi connectivity index (χ3v) is 4.79. The number of carbonyl (C=O) groups excluding carboxylic acids is 2. The highest BCUT2D eigenvalue weighted by Crippen LogP contribution is 2.47. The molecule has 0 radical (unpaired) electrons. The summed E-state index contributed by atoms with van der Waals surface area (Å²) in [5.41, 5.74) is 1.53. The molecule has 1 saturated carbocycles. The van der Waals surface area contributed by atoms with Crippen LogP contribution >= 0.6 is 0 Å². The predicted molar refractivity (Wildman–Crippen MR) is 80.9 cm³/mol. The average molecular weight is 308 g/mol. The van der Waals surface area contributed by atoms with E-state index in [1.807, 2.05) is 19.9 Å². The lowest BCUT2D eigenvalue weighted by atomic mass is 9.66. The number of fused-ring (bicyclic) bond motifs is 1. The van der Waals surface area contributed by atoms with Gasteiger partial charge in [0.25, 0.3) is 0 Å². The molecule has 3 atom stereocenters. The minimum absolute atomic E-state index is 0.399. The van der Waals surface area contributed by atoms with Gasteiger partial charge in [-0.3, -0.25) is 4.79 Å². The number of methoxy groups -OCH3 is 1. The van der Waals surface area contributed by atoms with E-state index >= 15 is 0 Å². The smallest absolute Gasteiger partial charge is 0.334 e. The molecule has 2 aliphatic rings. The Labute approximate surface area is 131 Å². The Hall–Kier alpha value is -1.62. The van der Waals surface area contributed by atoms with Crippen molar-refractivity contribution in [2.45, 2.75) is 58.7 Å². The van der Waals surface area contributed by atoms with Crippen LogP contribution in [0.3, 0.4) is 0 Å². The Morgan fingerprint density at radius 2 is 2.18 bits per heavy atom. The first-order chi connectivity index (χ1) is 10.3. The SMILES string of the molecule is COC(=O)C1(CCC=C(C)C)CCC2=C(C)C(=O)OC2C1O. The fourth-order valence-corrected chi connectivity index (χ4v) is 3.42. The van der Waals surface area contributed by atoms with Gasteiger partial charge in [0.1, 0.15) is 6.10 Å². The summed E-state index contributed by atoms with van der Waals surface area (Å²) in [4.78, 5) is 24.1. The van der Waals surface area contributed by atoms with Gasteiger partial charge in [0.15, 0.2) is 6.10 Å². The lowest BCUT2D eigenvalue weighted by Crippen LogP contribution is -2.52. The first kappa shape index (κ1) is 16.7. The number of allylic oxidation sites excluding steroid dienone is 2. The van der Waals surface area contributed by atoms with Crippen molar-refractivity contribution >= 4 is 11.9 Å². The summed E-state index contributed by atoms with van der Waals surface area (Å²) in [7, 11) is 1.33. The van der Waals surface area contributed by atoms with E-state index in [1.165, 1.54) is 7.11 Å². The highest BCUT2D eigenvalue weighted by Gasteiger charge is 2.55. The van der Waals surface area contributed by atoms with Crippen LogP contribution in [-0.2, 0) is 19.1 Å². The highest BCUT2D eigenvalue weighted by molar-refractivity contribution is 5.92. The molecular weight excluding hydrogens is 284 g/mol. The van der Waals surface area contributed by atoms with Gasteiger partial charge in [0.05, 0.1) is 12.5 Å². The number of ether oxygens (including phenoxy) is 2. The van der Waals surface area contributed by atoms with Crippen LogP contribution in [-0.4, -0.2) is 36.4 Å². The van der Waals surface area contributed by atoms with Crippen molar-refractivity contribution in [3.05, 3.63) is 22.8 Å². The predicted octanol–water partition coefficient (Wildman–Crippen LogP) is 2.29. The minimum atomic E-state index is -1.06. The summed E-state index contributed by atoms with van der Waals surface area (Å²) in [6.45, 7) is 5.69. The van der Waals surface area contributed by atoms with E-state index in [4.69, 9.17) is 9.47 Å². The Kier molecular flexibility index (Phi) is 4.75. The Morgan fingerprint density at radius 3 is 2.77 bits per heavy atom. The van der Waals surface area contributed by atoms with Gasteiger partial charge in [-0.25, -0.2) is 4.79 Å². The van der Waals surface area contributed by atoms with Gasteiger partial charge in [-0.15, -0.1) is 0 Å². The topological polar surface area (TPSA) is 72.8 Å². The van der Waals surface area contributed by atoms with E-state index in [9.17, 15) is 14.7 Å². The van der Waals surface area contributed by atoms with Gasteiger partial charge in [-0.05, 0) is 52.0 Å². The largest absolute Gasteiger partial charge is 0.469 e. The molecule has 0 saturated heterocycles. The van der Waals surface area contributed by atoms with Crippen molar-refractivity contribution < 1.29 is 24.2 Å². The zero-order valence-corrected chi connectivity index (χ0v) is 13.6. The van der Waals surface area contributed by atoms with Crippen LogP contribution in [0.4, 0.5) is 0 Å². The zero-order valence-electron chi connectivity index (χ0n) is 13.6. The van der Waals surface area contributed by atoms with Crippen LogP contribution in [0.1, 0.15) is 46.5 Å². The fourth-order valence-electron chi connectivity index (χ4n) is 3.42. The summed E-state index contributed by atoms with van der Waals surface area (Å²) in [6.07, 6.45) is 2.46. The van der Waals surface area contributed by atoms with Crippen molar-refractivity contribution in [1.29, 1.82) is 0 Å². The minimum Gasteiger partial charge on any atom is -0.469 e. The Bertz CT molecular complexity index is 541. The molecule has 0 aromatic heterocycles. The number of aliphatic hydroxyl groups excluding tert-OH is 1. The number of hydrogen-bond donors (Lipinski definition) is 1. The van der Waals surface area contributed by atoms with Crippen molar-refractivity contribution in [3.63, 3.8) is 0 Å². The van der Waals surface area contributed by atoms with Crippen LogP contribution in [0, 0.1) is 5.41 Å². The van der Waals surface area contributed by atoms with Gasteiger partial charge < -0.3 is 14.6 Å². The van der Waals surface area contributed by atoms with Crippen LogP contribution in [0.2, 0.25) is 0 Å². The van der Waals surface area contributed by atoms with Crippen molar-refractivity contribution in [2.24, 2.45) is 5.41 Å². The van der Waals surface area contributed by atoms with Gasteiger partial charge >= 0.3 is 11.9 Å². The zero-order chi connectivity index (χ0) is 16.5. The molecule has 22 heavy (non-hydrogen) atoms. The molecule has 1 aliphatic heterocycles. The van der Waals surface area contributed by atoms with Crippen molar-refractivity contribution in [2.75, 3.05) is 7.11 Å². The summed E-state index contributed by atoms with van der Waals surface area (Å²) in [6, 6.07) is 0. The monoisotopic (exact) mass is 308 g/mol. The molecule has 122 valence electrons. The fraction of sp³-hybridized carbons (Fsp3) is 0.647. The summed E-state index contributed by atoms with van der Waals surface area (Å²) in [5, 5.41) is 10.8. The number of rotatable bonds is 4. The van der Waals surface area contributed by atoms with E-state index in [0.29, 0.717) is 31.3 Å². The van der Waals surface area contributed by atoms with Gasteiger partial charge in [-0.1, -0.05) is 11.6 Å². The molecule has 0 amide bonds. The second-order valence-electron chi connectivity index (χ2n) is 6.39. The maximum atomic E-state index is 12.4. The number of carbonyl (C=O) groups is 2. The number of aliphatic hydroxyl groups is 1. The maximum absolute atomic E-state index is 12.4. The van der Waals surface area contributed by atoms with Gasteiger partial charge in [-0.2, -0.15) is 0 Å². The molecule has 2 rings (SSSR count). The molecule has 1 heterocycles. The molecule has 0 aromatic carbocycles. The van der Waals surface area contributed by atoms with E-state index in [-0.39, 0.29) is 0 Å². The van der Waals surface area contributed by atoms with Gasteiger partial charge in [0.2, 0.25) is 0 Å². The van der Waals surface area contributed by atoms with Gasteiger partial charge in [0, 0.05) is 5.57 Å². The standard InChI is InChI=1S/C17H24O5/c1-10(2)6-5-8-17(16(20)21-4)9-7-12-11(3)15(19)22-13(12)14(17)18/h6,13-14,18H,5,7-9H2,1-4H3. The second kappa shape index (κ2) is 6.24.